The summed E-state index contributed by atoms with van der Waals surface area (Å²) in [5.41, 5.74) is 6.51. The minimum absolute atomic E-state index is 0.113. The first-order valence-corrected chi connectivity index (χ1v) is 17.7. The second-order valence-electron chi connectivity index (χ2n) is 8.06. The van der Waals surface area contributed by atoms with E-state index in [0.29, 0.717) is 5.16 Å². The number of hydrogen-bond donors (Lipinski definition) is 7. The molecular weight excluding hydrogens is 611 g/mol. The highest BCUT2D eigenvalue weighted by Gasteiger charge is 2.46. The molecule has 1 aliphatic heterocycles. The molecule has 2 aromatic rings. The van der Waals surface area contributed by atoms with Crippen LogP contribution in [0.25, 0.3) is 11.2 Å². The number of thioether (sulfide) groups is 1. The fraction of sp³-hybridized carbons (Fsp3) is 0.688. The highest BCUT2D eigenvalue weighted by Crippen LogP contribution is 2.66. The van der Waals surface area contributed by atoms with E-state index in [2.05, 4.69) is 42.3 Å². The van der Waals surface area contributed by atoms with Crippen LogP contribution >= 0.6 is 34.1 Å². The summed E-state index contributed by atoms with van der Waals surface area (Å²) in [5.74, 6) is 0.886. The van der Waals surface area contributed by atoms with Crippen LogP contribution < -0.4 is 5.73 Å². The fourth-order valence-electron chi connectivity index (χ4n) is 3.43. The van der Waals surface area contributed by atoms with Crippen LogP contribution in [-0.2, 0) is 38.8 Å². The molecule has 22 heteroatoms. The van der Waals surface area contributed by atoms with E-state index < -0.39 is 53.5 Å². The van der Waals surface area contributed by atoms with E-state index in [-0.39, 0.29) is 17.0 Å². The van der Waals surface area contributed by atoms with Gasteiger partial charge in [-0.25, -0.2) is 28.4 Å². The number of nitrogens with two attached hydrogens (primary N) is 1. The number of aliphatic hydroxyl groups excluding tert-OH is 2. The van der Waals surface area contributed by atoms with Crippen LogP contribution in [0.15, 0.2) is 11.5 Å². The quantitative estimate of drug-likeness (QED) is 0.0661. The predicted octanol–water partition coefficient (Wildman–Crippen LogP) is 1.16. The highest BCUT2D eigenvalue weighted by molar-refractivity contribution is 8.08. The van der Waals surface area contributed by atoms with E-state index in [1.807, 2.05) is 0 Å². The van der Waals surface area contributed by atoms with Gasteiger partial charge in [0.05, 0.1) is 12.9 Å². The number of nitrogens with zero attached hydrogens (tertiary/aromatic N) is 4. The Morgan fingerprint density at radius 1 is 1.13 bits per heavy atom. The van der Waals surface area contributed by atoms with Crippen molar-refractivity contribution in [2.75, 3.05) is 18.1 Å². The van der Waals surface area contributed by atoms with Crippen molar-refractivity contribution in [1.29, 1.82) is 0 Å². The molecule has 0 saturated carbocycles. The highest BCUT2D eigenvalue weighted by atomic mass is 32.5. The van der Waals surface area contributed by atoms with Gasteiger partial charge < -0.3 is 44.8 Å². The van der Waals surface area contributed by atoms with E-state index in [1.165, 1.54) is 22.7 Å². The molecule has 8 N–H and O–H groups in total. The van der Waals surface area contributed by atoms with Gasteiger partial charge in [0.25, 0.3) is 0 Å². The summed E-state index contributed by atoms with van der Waals surface area (Å²) in [6.45, 7) is -3.26. The lowest BCUT2D eigenvalue weighted by molar-refractivity contribution is -0.0486. The van der Waals surface area contributed by atoms with Gasteiger partial charge in [0.15, 0.2) is 22.8 Å². The van der Waals surface area contributed by atoms with Crippen molar-refractivity contribution in [2.45, 2.75) is 62.3 Å². The number of aliphatic hydroxyl groups is 2. The number of nitrogen functional groups attached to an aromatic ring is 1. The van der Waals surface area contributed by atoms with Gasteiger partial charge in [-0.3, -0.25) is 4.57 Å². The first-order valence-electron chi connectivity index (χ1n) is 11.1. The summed E-state index contributed by atoms with van der Waals surface area (Å²) in [7, 11) is -11.0. The van der Waals surface area contributed by atoms with Gasteiger partial charge in [0, 0.05) is 5.75 Å². The number of anilines is 1. The number of unbranched alkanes of at least 4 members (excludes halogenated alkanes) is 3. The minimum Gasteiger partial charge on any atom is -0.387 e. The summed E-state index contributed by atoms with van der Waals surface area (Å²) >= 11 is 5.96. The van der Waals surface area contributed by atoms with Crippen molar-refractivity contribution < 1.29 is 56.8 Å². The molecule has 1 aliphatic rings. The lowest BCUT2D eigenvalue weighted by atomic mass is 10.1. The van der Waals surface area contributed by atoms with Crippen molar-refractivity contribution >= 4 is 62.9 Å². The second-order valence-corrected chi connectivity index (χ2v) is 14.9. The van der Waals surface area contributed by atoms with Crippen LogP contribution in [0, 0.1) is 0 Å². The largest absolute Gasteiger partial charge is 0.488 e. The predicted molar refractivity (Wildman–Crippen MR) is 137 cm³/mol. The topological polar surface area (TPSA) is 262 Å². The van der Waals surface area contributed by atoms with E-state index in [9.17, 15) is 29.1 Å². The van der Waals surface area contributed by atoms with Crippen LogP contribution in [0.1, 0.15) is 38.8 Å². The molecule has 3 heterocycles. The second kappa shape index (κ2) is 12.9. The Labute approximate surface area is 225 Å². The molecule has 17 nitrogen and oxygen atoms in total. The Kier molecular flexibility index (Phi) is 10.9. The molecule has 0 amide bonds. The van der Waals surface area contributed by atoms with Crippen molar-refractivity contribution in [2.24, 2.45) is 0 Å². The van der Waals surface area contributed by atoms with Gasteiger partial charge in [0.2, 0.25) is 0 Å². The van der Waals surface area contributed by atoms with Gasteiger partial charge >= 0.3 is 22.4 Å². The van der Waals surface area contributed by atoms with Crippen molar-refractivity contribution in [1.82, 2.24) is 19.5 Å². The van der Waals surface area contributed by atoms with E-state index >= 15 is 0 Å². The average molecular weight is 639 g/mol. The van der Waals surface area contributed by atoms with Crippen LogP contribution in [0.4, 0.5) is 5.82 Å². The van der Waals surface area contributed by atoms with Gasteiger partial charge in [-0.2, -0.15) is 4.31 Å². The first kappa shape index (κ1) is 31.9. The Hall–Kier alpha value is -0.590. The van der Waals surface area contributed by atoms with Crippen molar-refractivity contribution in [3.05, 3.63) is 6.33 Å². The molecule has 0 bridgehead atoms. The van der Waals surface area contributed by atoms with E-state index in [0.717, 1.165) is 31.4 Å². The zero-order valence-electron chi connectivity index (χ0n) is 19.8. The standard InChI is InChI=1S/C16H28N5O12P3S2/c1-2-3-4-5-6-38-16-19-13(17)10-14(20-16)21(8-18-10)15-12(23)11(22)9(31-15)7-30-36(29,37)33-35(27,28)32-34(24,25)26/h8-9,11-12,15,22-23H,2-7H2,1H3,(H,27,28)(H,29,37)(H2,17,19,20)(H2,24,25,26)/t9-,11-,12-,15-,36?/m0/s1. The molecule has 3 rings (SSSR count). The zero-order chi connectivity index (χ0) is 28.3. The maximum absolute atomic E-state index is 11.6. The van der Waals surface area contributed by atoms with E-state index in [4.69, 9.17) is 24.8 Å². The number of hydrogen-bond acceptors (Lipinski definition) is 14. The number of fused-ring (bicyclic) bond motifs is 1. The molecule has 38 heavy (non-hydrogen) atoms. The molecule has 0 spiro atoms. The molecule has 2 unspecified atom stereocenters. The number of ether oxygens (including phenoxy) is 1. The lowest BCUT2D eigenvalue weighted by Crippen LogP contribution is -2.33. The Bertz CT molecular complexity index is 1260. The molecule has 6 atom stereocenters. The Morgan fingerprint density at radius 3 is 2.50 bits per heavy atom. The van der Waals surface area contributed by atoms with Gasteiger partial charge in [-0.05, 0) is 18.2 Å². The molecule has 1 saturated heterocycles. The fourth-order valence-corrected chi connectivity index (χ4v) is 8.24. The first-order chi connectivity index (χ1) is 17.6. The van der Waals surface area contributed by atoms with E-state index in [1.54, 1.807) is 0 Å². The number of rotatable bonds is 14. The Morgan fingerprint density at radius 2 is 1.84 bits per heavy atom. The van der Waals surface area contributed by atoms with Crippen LogP contribution in [0.3, 0.4) is 0 Å². The SMILES string of the molecule is CCCCCCSc1nc(N)c2ncn([C@H]3O[C@@H](COP(O)(=S)OP(=O)(O)OP(=O)(O)O)[C@H](O)[C@@H]3O)c2n1. The van der Waals surface area contributed by atoms with Crippen molar-refractivity contribution in [3.63, 3.8) is 0 Å². The summed E-state index contributed by atoms with van der Waals surface area (Å²) < 4.78 is 42.0. The summed E-state index contributed by atoms with van der Waals surface area (Å²) in [4.78, 5) is 49.5. The summed E-state index contributed by atoms with van der Waals surface area (Å²) in [6, 6.07) is 0. The zero-order valence-corrected chi connectivity index (χ0v) is 24.1. The van der Waals surface area contributed by atoms with Crippen LogP contribution in [0.2, 0.25) is 0 Å². The third-order valence-electron chi connectivity index (χ3n) is 5.09. The average Bonchev–Trinajstić information content (AvgIpc) is 3.31. The number of imidazole rings is 1. The van der Waals surface area contributed by atoms with Gasteiger partial charge in [-0.1, -0.05) is 37.9 Å². The normalized spacial score (nSPS) is 25.4. The molecular formula is C16H28N5O12P3S2. The molecule has 216 valence electrons. The maximum atomic E-state index is 11.6. The summed E-state index contributed by atoms with van der Waals surface area (Å²) in [6.07, 6.45) is -0.148. The third-order valence-corrected chi connectivity index (χ3v) is 10.7. The number of phosphoric acid groups is 2. The van der Waals surface area contributed by atoms with Gasteiger partial charge in [-0.15, -0.1) is 0 Å². The third kappa shape index (κ3) is 8.70. The molecule has 0 aliphatic carbocycles. The molecule has 0 aromatic carbocycles. The summed E-state index contributed by atoms with van der Waals surface area (Å²) in [5, 5.41) is 21.4. The number of aromatic nitrogens is 4. The minimum atomic E-state index is -5.51. The molecule has 1 fully saturated rings. The Balaban J connectivity index is 1.70. The van der Waals surface area contributed by atoms with Crippen molar-refractivity contribution in [3.8, 4) is 0 Å². The smallest absolute Gasteiger partial charge is 0.387 e. The molecule has 2 aromatic heterocycles. The maximum Gasteiger partial charge on any atom is 0.488 e. The monoisotopic (exact) mass is 639 g/mol. The van der Waals surface area contributed by atoms with Crippen LogP contribution in [0.5, 0.6) is 0 Å². The van der Waals surface area contributed by atoms with Gasteiger partial charge in [0.1, 0.15) is 23.8 Å². The lowest BCUT2D eigenvalue weighted by Gasteiger charge is -2.21. The van der Waals surface area contributed by atoms with Crippen LogP contribution in [-0.4, -0.2) is 80.0 Å². The molecule has 0 radical (unpaired) electrons.